The van der Waals surface area contributed by atoms with Crippen LogP contribution in [0.2, 0.25) is 0 Å². The zero-order valence-corrected chi connectivity index (χ0v) is 10.0. The molecule has 1 aliphatic heterocycles. The maximum absolute atomic E-state index is 11.4. The number of nitrogens with zero attached hydrogens (tertiary/aromatic N) is 2. The van der Waals surface area contributed by atoms with E-state index >= 15 is 0 Å². The number of piperazine rings is 1. The minimum absolute atomic E-state index is 0.00611. The molecule has 1 rings (SSSR count). The van der Waals surface area contributed by atoms with Gasteiger partial charge < -0.3 is 10.2 Å². The summed E-state index contributed by atoms with van der Waals surface area (Å²) in [7, 11) is 0. The molecule has 0 atom stereocenters. The van der Waals surface area contributed by atoms with E-state index in [0.717, 1.165) is 13.1 Å². The lowest BCUT2D eigenvalue weighted by Gasteiger charge is -2.33. The maximum Gasteiger partial charge on any atom is 0.246 e. The molecule has 1 N–H and O–H groups in total. The molecular formula is C12H19N3O2. The number of nitrogens with one attached hydrogen (secondary N) is 1. The van der Waals surface area contributed by atoms with E-state index in [9.17, 15) is 9.59 Å². The summed E-state index contributed by atoms with van der Waals surface area (Å²) in [5.74, 6) is -0.0471. The van der Waals surface area contributed by atoms with Crippen molar-refractivity contribution in [2.75, 3.05) is 39.3 Å². The predicted molar refractivity (Wildman–Crippen MR) is 66.4 cm³/mol. The first-order valence-electron chi connectivity index (χ1n) is 5.68. The van der Waals surface area contributed by atoms with Gasteiger partial charge in [-0.3, -0.25) is 14.5 Å². The van der Waals surface area contributed by atoms with Crippen molar-refractivity contribution < 1.29 is 9.59 Å². The number of hydrogen-bond donors (Lipinski definition) is 1. The Morgan fingerprint density at radius 1 is 1.18 bits per heavy atom. The van der Waals surface area contributed by atoms with Crippen molar-refractivity contribution >= 4 is 11.8 Å². The van der Waals surface area contributed by atoms with Gasteiger partial charge >= 0.3 is 0 Å². The van der Waals surface area contributed by atoms with Gasteiger partial charge in [0.2, 0.25) is 11.8 Å². The molecule has 94 valence electrons. The monoisotopic (exact) mass is 237 g/mol. The van der Waals surface area contributed by atoms with E-state index in [4.69, 9.17) is 0 Å². The first-order chi connectivity index (χ1) is 8.17. The van der Waals surface area contributed by atoms with Crippen molar-refractivity contribution in [3.05, 3.63) is 25.3 Å². The average Bonchev–Trinajstić information content (AvgIpc) is 2.36. The Labute approximate surface area is 102 Å². The minimum atomic E-state index is -0.0410. The Bertz CT molecular complexity index is 307. The molecule has 0 aromatic heterocycles. The third-order valence-corrected chi connectivity index (χ3v) is 2.67. The van der Waals surface area contributed by atoms with Gasteiger partial charge in [0.05, 0.1) is 6.54 Å². The maximum atomic E-state index is 11.4. The Balaban J connectivity index is 2.27. The standard InChI is InChI=1S/C12H19N3O2/c1-3-5-13-11(16)10-14-6-8-15(9-7-14)12(17)4-2/h3-4H,1-2,5-10H2,(H,13,16). The van der Waals surface area contributed by atoms with E-state index in [-0.39, 0.29) is 11.8 Å². The van der Waals surface area contributed by atoms with Crippen molar-refractivity contribution in [1.29, 1.82) is 0 Å². The summed E-state index contributed by atoms with van der Waals surface area (Å²) in [5, 5.41) is 2.73. The highest BCUT2D eigenvalue weighted by Crippen LogP contribution is 2.01. The van der Waals surface area contributed by atoms with E-state index in [2.05, 4.69) is 18.5 Å². The Morgan fingerprint density at radius 3 is 2.35 bits per heavy atom. The molecule has 0 saturated carbocycles. The molecule has 0 aliphatic carbocycles. The Hall–Kier alpha value is -1.62. The number of rotatable bonds is 5. The molecular weight excluding hydrogens is 218 g/mol. The number of carbonyl (C=O) groups is 2. The molecule has 2 amide bonds. The van der Waals surface area contributed by atoms with Gasteiger partial charge in [0.1, 0.15) is 0 Å². The second-order valence-corrected chi connectivity index (χ2v) is 3.90. The van der Waals surface area contributed by atoms with Crippen molar-refractivity contribution in [3.8, 4) is 0 Å². The zero-order chi connectivity index (χ0) is 12.7. The van der Waals surface area contributed by atoms with Gasteiger partial charge in [-0.15, -0.1) is 6.58 Å². The highest BCUT2D eigenvalue weighted by Gasteiger charge is 2.20. The molecule has 0 spiro atoms. The van der Waals surface area contributed by atoms with Crippen LogP contribution < -0.4 is 5.32 Å². The lowest BCUT2D eigenvalue weighted by molar-refractivity contribution is -0.128. The summed E-state index contributed by atoms with van der Waals surface area (Å²) >= 11 is 0. The summed E-state index contributed by atoms with van der Waals surface area (Å²) in [5.41, 5.74) is 0. The van der Waals surface area contributed by atoms with E-state index in [0.29, 0.717) is 26.2 Å². The highest BCUT2D eigenvalue weighted by atomic mass is 16.2. The van der Waals surface area contributed by atoms with Gasteiger partial charge in [0.15, 0.2) is 0 Å². The van der Waals surface area contributed by atoms with Crippen LogP contribution in [0.1, 0.15) is 0 Å². The Morgan fingerprint density at radius 2 is 1.82 bits per heavy atom. The second-order valence-electron chi connectivity index (χ2n) is 3.90. The summed E-state index contributed by atoms with van der Waals surface area (Å²) in [6, 6.07) is 0. The SMILES string of the molecule is C=CCNC(=O)CN1CCN(C(=O)C=C)CC1. The van der Waals surface area contributed by atoms with Gasteiger partial charge in [0.25, 0.3) is 0 Å². The molecule has 5 nitrogen and oxygen atoms in total. The molecule has 0 unspecified atom stereocenters. The fourth-order valence-corrected chi connectivity index (χ4v) is 1.70. The molecule has 17 heavy (non-hydrogen) atoms. The summed E-state index contributed by atoms with van der Waals surface area (Å²) < 4.78 is 0. The summed E-state index contributed by atoms with van der Waals surface area (Å²) in [4.78, 5) is 26.6. The van der Waals surface area contributed by atoms with Crippen LogP contribution in [0, 0.1) is 0 Å². The molecule has 5 heteroatoms. The van der Waals surface area contributed by atoms with Gasteiger partial charge in [0, 0.05) is 32.7 Å². The third kappa shape index (κ3) is 4.40. The van der Waals surface area contributed by atoms with Crippen molar-refractivity contribution in [1.82, 2.24) is 15.1 Å². The van der Waals surface area contributed by atoms with Crippen LogP contribution in [-0.2, 0) is 9.59 Å². The summed E-state index contributed by atoms with van der Waals surface area (Å²) in [6.45, 7) is 10.6. The first kappa shape index (κ1) is 13.4. The average molecular weight is 237 g/mol. The molecule has 0 radical (unpaired) electrons. The normalized spacial score (nSPS) is 16.4. The van der Waals surface area contributed by atoms with Gasteiger partial charge in [-0.25, -0.2) is 0 Å². The van der Waals surface area contributed by atoms with Crippen molar-refractivity contribution in [2.24, 2.45) is 0 Å². The number of amides is 2. The molecule has 0 aromatic rings. The van der Waals surface area contributed by atoms with Crippen LogP contribution in [0.25, 0.3) is 0 Å². The predicted octanol–water partition coefficient (Wildman–Crippen LogP) is -0.381. The second kappa shape index (κ2) is 6.85. The molecule has 0 aromatic carbocycles. The van der Waals surface area contributed by atoms with E-state index in [1.807, 2.05) is 4.90 Å². The van der Waals surface area contributed by atoms with Crippen LogP contribution in [0.3, 0.4) is 0 Å². The van der Waals surface area contributed by atoms with E-state index < -0.39 is 0 Å². The van der Waals surface area contributed by atoms with E-state index in [1.165, 1.54) is 6.08 Å². The zero-order valence-electron chi connectivity index (χ0n) is 10.0. The van der Waals surface area contributed by atoms with Crippen LogP contribution in [0.5, 0.6) is 0 Å². The van der Waals surface area contributed by atoms with Gasteiger partial charge in [-0.05, 0) is 6.08 Å². The summed E-state index contributed by atoms with van der Waals surface area (Å²) in [6.07, 6.45) is 2.98. The lowest BCUT2D eigenvalue weighted by Crippen LogP contribution is -2.50. The smallest absolute Gasteiger partial charge is 0.246 e. The largest absolute Gasteiger partial charge is 0.352 e. The topological polar surface area (TPSA) is 52.7 Å². The number of hydrogen-bond acceptors (Lipinski definition) is 3. The van der Waals surface area contributed by atoms with Crippen molar-refractivity contribution in [3.63, 3.8) is 0 Å². The molecule has 0 bridgehead atoms. The van der Waals surface area contributed by atoms with Crippen LogP contribution in [-0.4, -0.2) is 60.9 Å². The molecule has 1 heterocycles. The highest BCUT2D eigenvalue weighted by molar-refractivity contribution is 5.87. The molecule has 1 saturated heterocycles. The van der Waals surface area contributed by atoms with Gasteiger partial charge in [-0.2, -0.15) is 0 Å². The minimum Gasteiger partial charge on any atom is -0.352 e. The first-order valence-corrected chi connectivity index (χ1v) is 5.68. The fourth-order valence-electron chi connectivity index (χ4n) is 1.70. The van der Waals surface area contributed by atoms with Crippen LogP contribution in [0.4, 0.5) is 0 Å². The number of carbonyl (C=O) groups excluding carboxylic acids is 2. The van der Waals surface area contributed by atoms with Crippen LogP contribution >= 0.6 is 0 Å². The van der Waals surface area contributed by atoms with E-state index in [1.54, 1.807) is 11.0 Å². The quantitative estimate of drug-likeness (QED) is 0.524. The van der Waals surface area contributed by atoms with Gasteiger partial charge in [-0.1, -0.05) is 12.7 Å². The lowest BCUT2D eigenvalue weighted by atomic mass is 10.3. The molecule has 1 fully saturated rings. The van der Waals surface area contributed by atoms with Crippen LogP contribution in [0.15, 0.2) is 25.3 Å². The third-order valence-electron chi connectivity index (χ3n) is 2.67. The fraction of sp³-hybridized carbons (Fsp3) is 0.500. The molecule has 1 aliphatic rings. The Kier molecular flexibility index (Phi) is 5.42. The van der Waals surface area contributed by atoms with Crippen molar-refractivity contribution in [2.45, 2.75) is 0 Å².